The van der Waals surface area contributed by atoms with Gasteiger partial charge in [-0.05, 0) is 30.9 Å². The van der Waals surface area contributed by atoms with Gasteiger partial charge < -0.3 is 15.7 Å². The molecule has 3 N–H and O–H groups in total. The SMILES string of the molecule is CCC(CC1CC1)NC(=O)Nc1c(F)cccc1C(=O)O. The monoisotopic (exact) mass is 294 g/mol. The summed E-state index contributed by atoms with van der Waals surface area (Å²) in [6, 6.07) is 3.11. The average molecular weight is 294 g/mol. The molecule has 1 aromatic rings. The Labute approximate surface area is 122 Å². The number of carbonyl (C=O) groups is 2. The van der Waals surface area contributed by atoms with Crippen molar-refractivity contribution in [3.63, 3.8) is 0 Å². The number of carboxylic acid groups (broad SMARTS) is 1. The minimum Gasteiger partial charge on any atom is -0.478 e. The standard InChI is InChI=1S/C15H19FN2O3/c1-2-10(8-9-6-7-9)17-15(21)18-13-11(14(19)20)4-3-5-12(13)16/h3-5,9-10H,2,6-8H2,1H3,(H,19,20)(H2,17,18,21). The Balaban J connectivity index is 2.03. The van der Waals surface area contributed by atoms with Gasteiger partial charge in [0.05, 0.1) is 11.3 Å². The molecule has 114 valence electrons. The maximum Gasteiger partial charge on any atom is 0.337 e. The van der Waals surface area contributed by atoms with E-state index < -0.39 is 17.8 Å². The molecule has 0 aromatic heterocycles. The lowest BCUT2D eigenvalue weighted by molar-refractivity contribution is 0.0697. The average Bonchev–Trinajstić information content (AvgIpc) is 3.24. The fourth-order valence-corrected chi connectivity index (χ4v) is 2.25. The van der Waals surface area contributed by atoms with Crippen molar-refractivity contribution in [3.05, 3.63) is 29.6 Å². The third-order valence-corrected chi connectivity index (χ3v) is 3.63. The largest absolute Gasteiger partial charge is 0.478 e. The van der Waals surface area contributed by atoms with Gasteiger partial charge in [-0.15, -0.1) is 0 Å². The highest BCUT2D eigenvalue weighted by Crippen LogP contribution is 2.34. The van der Waals surface area contributed by atoms with Gasteiger partial charge in [-0.25, -0.2) is 14.0 Å². The lowest BCUT2D eigenvalue weighted by atomic mass is 10.1. The van der Waals surface area contributed by atoms with Crippen LogP contribution in [0.2, 0.25) is 0 Å². The molecule has 0 heterocycles. The first-order chi connectivity index (χ1) is 10.0. The molecule has 1 aliphatic carbocycles. The zero-order valence-corrected chi connectivity index (χ0v) is 11.9. The molecule has 21 heavy (non-hydrogen) atoms. The maximum absolute atomic E-state index is 13.7. The summed E-state index contributed by atoms with van der Waals surface area (Å²) in [7, 11) is 0. The second-order valence-electron chi connectivity index (χ2n) is 5.35. The minimum absolute atomic E-state index is 0.0255. The summed E-state index contributed by atoms with van der Waals surface area (Å²) < 4.78 is 13.7. The first-order valence-corrected chi connectivity index (χ1v) is 7.10. The maximum atomic E-state index is 13.7. The molecule has 0 aliphatic heterocycles. The number of rotatable bonds is 6. The molecule has 0 bridgehead atoms. The molecule has 6 heteroatoms. The van der Waals surface area contributed by atoms with Crippen molar-refractivity contribution in [3.8, 4) is 0 Å². The number of anilines is 1. The smallest absolute Gasteiger partial charge is 0.337 e. The predicted octanol–water partition coefficient (Wildman–Crippen LogP) is 3.22. The molecule has 0 spiro atoms. The van der Waals surface area contributed by atoms with E-state index in [1.807, 2.05) is 6.92 Å². The number of carboxylic acids is 1. The van der Waals surface area contributed by atoms with Crippen molar-refractivity contribution >= 4 is 17.7 Å². The number of hydrogen-bond donors (Lipinski definition) is 3. The second kappa shape index (κ2) is 6.56. The number of nitrogens with one attached hydrogen (secondary N) is 2. The molecular formula is C15H19FN2O3. The zero-order valence-electron chi connectivity index (χ0n) is 11.9. The lowest BCUT2D eigenvalue weighted by Gasteiger charge is -2.18. The third kappa shape index (κ3) is 4.18. The Kier molecular flexibility index (Phi) is 4.77. The molecule has 2 rings (SSSR count). The number of aromatic carboxylic acids is 1. The quantitative estimate of drug-likeness (QED) is 0.753. The Bertz CT molecular complexity index is 544. The van der Waals surface area contributed by atoms with Gasteiger partial charge in [0.15, 0.2) is 0 Å². The van der Waals surface area contributed by atoms with E-state index in [9.17, 15) is 14.0 Å². The molecule has 1 saturated carbocycles. The predicted molar refractivity (Wildman–Crippen MR) is 76.9 cm³/mol. The van der Waals surface area contributed by atoms with Gasteiger partial charge in [-0.3, -0.25) is 0 Å². The molecule has 5 nitrogen and oxygen atoms in total. The lowest BCUT2D eigenvalue weighted by Crippen LogP contribution is -2.38. The fraction of sp³-hybridized carbons (Fsp3) is 0.467. The van der Waals surface area contributed by atoms with Crippen LogP contribution in [0.25, 0.3) is 0 Å². The second-order valence-corrected chi connectivity index (χ2v) is 5.35. The van der Waals surface area contributed by atoms with Crippen molar-refractivity contribution in [1.82, 2.24) is 5.32 Å². The number of para-hydroxylation sites is 1. The molecule has 0 saturated heterocycles. The van der Waals surface area contributed by atoms with Gasteiger partial charge in [0.25, 0.3) is 0 Å². The van der Waals surface area contributed by atoms with Gasteiger partial charge >= 0.3 is 12.0 Å². The summed E-state index contributed by atoms with van der Waals surface area (Å²) in [6.07, 6.45) is 4.08. The summed E-state index contributed by atoms with van der Waals surface area (Å²) in [5.74, 6) is -1.38. The number of halogens is 1. The Morgan fingerprint density at radius 3 is 2.71 bits per heavy atom. The zero-order chi connectivity index (χ0) is 15.4. The van der Waals surface area contributed by atoms with Crippen LogP contribution in [-0.2, 0) is 0 Å². The minimum atomic E-state index is -1.28. The van der Waals surface area contributed by atoms with E-state index in [4.69, 9.17) is 5.11 Å². The van der Waals surface area contributed by atoms with Crippen LogP contribution in [0.15, 0.2) is 18.2 Å². The number of carbonyl (C=O) groups excluding carboxylic acids is 1. The summed E-state index contributed by atoms with van der Waals surface area (Å²) in [5.41, 5.74) is -0.566. The van der Waals surface area contributed by atoms with Crippen molar-refractivity contribution in [1.29, 1.82) is 0 Å². The summed E-state index contributed by atoms with van der Waals surface area (Å²) in [6.45, 7) is 1.97. The van der Waals surface area contributed by atoms with E-state index in [0.29, 0.717) is 5.92 Å². The van der Waals surface area contributed by atoms with E-state index >= 15 is 0 Å². The number of amides is 2. The topological polar surface area (TPSA) is 78.4 Å². The molecule has 1 aliphatic rings. The van der Waals surface area contributed by atoms with Crippen molar-refractivity contribution in [2.24, 2.45) is 5.92 Å². The Hall–Kier alpha value is -2.11. The summed E-state index contributed by atoms with van der Waals surface area (Å²) >= 11 is 0. The van der Waals surface area contributed by atoms with Gasteiger partial charge in [-0.2, -0.15) is 0 Å². The molecule has 1 unspecified atom stereocenters. The van der Waals surface area contributed by atoms with E-state index in [1.165, 1.54) is 25.0 Å². The highest BCUT2D eigenvalue weighted by Gasteiger charge is 2.26. The molecule has 2 amide bonds. The van der Waals surface area contributed by atoms with Crippen LogP contribution >= 0.6 is 0 Å². The Morgan fingerprint density at radius 2 is 2.14 bits per heavy atom. The third-order valence-electron chi connectivity index (χ3n) is 3.63. The first kappa shape index (κ1) is 15.3. The van der Waals surface area contributed by atoms with Gasteiger partial charge in [0.1, 0.15) is 5.82 Å². The number of urea groups is 1. The highest BCUT2D eigenvalue weighted by atomic mass is 19.1. The van der Waals surface area contributed by atoms with Crippen LogP contribution in [0.5, 0.6) is 0 Å². The van der Waals surface area contributed by atoms with Crippen LogP contribution in [-0.4, -0.2) is 23.1 Å². The summed E-state index contributed by atoms with van der Waals surface area (Å²) in [4.78, 5) is 23.0. The molecule has 0 radical (unpaired) electrons. The van der Waals surface area contributed by atoms with E-state index in [0.717, 1.165) is 18.9 Å². The molecule has 1 fully saturated rings. The van der Waals surface area contributed by atoms with Gasteiger partial charge in [-0.1, -0.05) is 25.8 Å². The van der Waals surface area contributed by atoms with Crippen molar-refractivity contribution in [2.45, 2.75) is 38.6 Å². The van der Waals surface area contributed by atoms with Crippen LogP contribution in [0.4, 0.5) is 14.9 Å². The van der Waals surface area contributed by atoms with Crippen molar-refractivity contribution < 1.29 is 19.1 Å². The number of benzene rings is 1. The Morgan fingerprint density at radius 1 is 1.43 bits per heavy atom. The van der Waals surface area contributed by atoms with Crippen LogP contribution in [0, 0.1) is 11.7 Å². The van der Waals surface area contributed by atoms with E-state index in [1.54, 1.807) is 0 Å². The molecule has 1 atom stereocenters. The van der Waals surface area contributed by atoms with Crippen LogP contribution in [0.3, 0.4) is 0 Å². The van der Waals surface area contributed by atoms with E-state index in [-0.39, 0.29) is 17.3 Å². The molecule has 1 aromatic carbocycles. The van der Waals surface area contributed by atoms with E-state index in [2.05, 4.69) is 10.6 Å². The fourth-order valence-electron chi connectivity index (χ4n) is 2.25. The van der Waals surface area contributed by atoms with Gasteiger partial charge in [0, 0.05) is 6.04 Å². The highest BCUT2D eigenvalue weighted by molar-refractivity contribution is 6.00. The normalized spacial score (nSPS) is 15.3. The van der Waals surface area contributed by atoms with Crippen molar-refractivity contribution in [2.75, 3.05) is 5.32 Å². The first-order valence-electron chi connectivity index (χ1n) is 7.10. The molecular weight excluding hydrogens is 275 g/mol. The summed E-state index contributed by atoms with van der Waals surface area (Å²) in [5, 5.41) is 14.1. The van der Waals surface area contributed by atoms with Crippen LogP contribution < -0.4 is 10.6 Å². The number of hydrogen-bond acceptors (Lipinski definition) is 2. The van der Waals surface area contributed by atoms with Crippen LogP contribution in [0.1, 0.15) is 43.0 Å². The van der Waals surface area contributed by atoms with Gasteiger partial charge in [0.2, 0.25) is 0 Å².